The van der Waals surface area contributed by atoms with E-state index in [-0.39, 0.29) is 0 Å². The van der Waals surface area contributed by atoms with Gasteiger partial charge in [0, 0.05) is 6.42 Å². The molecule has 8 unspecified atom stereocenters. The van der Waals surface area contributed by atoms with Gasteiger partial charge in [0.2, 0.25) is 0 Å². The fourth-order valence-electron chi connectivity index (χ4n) is 8.06. The molecular formula is C21H33N. The van der Waals surface area contributed by atoms with Crippen LogP contribution in [-0.2, 0) is 0 Å². The zero-order valence-electron chi connectivity index (χ0n) is 14.8. The Bertz CT molecular complexity index is 491. The largest absolute Gasteiger partial charge is 0.198 e. The van der Waals surface area contributed by atoms with Crippen molar-refractivity contribution >= 4 is 0 Å². The summed E-state index contributed by atoms with van der Waals surface area (Å²) in [4.78, 5) is 0. The summed E-state index contributed by atoms with van der Waals surface area (Å²) in [7, 11) is 0. The molecule has 4 saturated carbocycles. The molecule has 0 aromatic heterocycles. The van der Waals surface area contributed by atoms with Crippen molar-refractivity contribution in [2.24, 2.45) is 46.3 Å². The molecule has 4 fully saturated rings. The maximum atomic E-state index is 9.23. The number of rotatable bonds is 1. The highest BCUT2D eigenvalue weighted by Gasteiger charge is 2.61. The van der Waals surface area contributed by atoms with E-state index in [9.17, 15) is 5.26 Å². The lowest BCUT2D eigenvalue weighted by Crippen LogP contribution is -2.53. The van der Waals surface area contributed by atoms with Gasteiger partial charge in [0.25, 0.3) is 0 Å². The molecule has 0 aliphatic heterocycles. The summed E-state index contributed by atoms with van der Waals surface area (Å²) in [6, 6.07) is 2.50. The van der Waals surface area contributed by atoms with Gasteiger partial charge in [-0.2, -0.15) is 5.26 Å². The van der Waals surface area contributed by atoms with Gasteiger partial charge in [-0.1, -0.05) is 27.2 Å². The Morgan fingerprint density at radius 1 is 1.00 bits per heavy atom. The minimum atomic E-state index is 0.479. The Hall–Kier alpha value is -0.510. The average molecular weight is 300 g/mol. The highest BCUT2D eigenvalue weighted by molar-refractivity contribution is 5.11. The SMILES string of the molecule is CC1CC2CCCC2(C)C2CCC3(C)C(CC#N)CCC3C12. The normalized spacial score (nSPS) is 56.8. The second kappa shape index (κ2) is 4.99. The van der Waals surface area contributed by atoms with Crippen LogP contribution in [0.2, 0.25) is 0 Å². The van der Waals surface area contributed by atoms with Crippen molar-refractivity contribution in [1.82, 2.24) is 0 Å². The Balaban J connectivity index is 1.66. The van der Waals surface area contributed by atoms with Gasteiger partial charge < -0.3 is 0 Å². The first-order chi connectivity index (χ1) is 10.5. The minimum Gasteiger partial charge on any atom is -0.198 e. The molecule has 0 amide bonds. The first kappa shape index (κ1) is 15.0. The molecule has 0 aromatic carbocycles. The fourth-order valence-corrected chi connectivity index (χ4v) is 8.06. The molecule has 4 aliphatic rings. The van der Waals surface area contributed by atoms with Crippen LogP contribution in [0, 0.1) is 57.7 Å². The van der Waals surface area contributed by atoms with Crippen LogP contribution in [-0.4, -0.2) is 0 Å². The second-order valence-electron chi connectivity index (χ2n) is 9.78. The Labute approximate surface area is 136 Å². The molecule has 4 aliphatic carbocycles. The molecule has 0 spiro atoms. The van der Waals surface area contributed by atoms with Gasteiger partial charge in [-0.3, -0.25) is 0 Å². The number of fused-ring (bicyclic) bond motifs is 5. The summed E-state index contributed by atoms with van der Waals surface area (Å²) in [5, 5.41) is 9.23. The molecule has 0 bridgehead atoms. The summed E-state index contributed by atoms with van der Waals surface area (Å²) in [6.45, 7) is 7.77. The van der Waals surface area contributed by atoms with E-state index >= 15 is 0 Å². The van der Waals surface area contributed by atoms with Crippen molar-refractivity contribution in [3.8, 4) is 6.07 Å². The Morgan fingerprint density at radius 2 is 1.77 bits per heavy atom. The lowest BCUT2D eigenvalue weighted by Gasteiger charge is -2.59. The van der Waals surface area contributed by atoms with E-state index in [1.807, 2.05) is 0 Å². The standard InChI is InChI=1S/C21H33N/c1-14-13-16-5-4-10-20(16,2)18-8-11-21(3)15(9-12-22)6-7-17(21)19(14)18/h14-19H,4-11,13H2,1-3H3. The van der Waals surface area contributed by atoms with Gasteiger partial charge in [-0.15, -0.1) is 0 Å². The van der Waals surface area contributed by atoms with Crippen LogP contribution >= 0.6 is 0 Å². The predicted octanol–water partition coefficient (Wildman–Crippen LogP) is 5.80. The van der Waals surface area contributed by atoms with Crippen LogP contribution in [0.3, 0.4) is 0 Å². The molecule has 1 heteroatoms. The maximum absolute atomic E-state index is 9.23. The molecule has 1 nitrogen and oxygen atoms in total. The summed E-state index contributed by atoms with van der Waals surface area (Å²) < 4.78 is 0. The molecular weight excluding hydrogens is 266 g/mol. The molecule has 0 radical (unpaired) electrons. The zero-order chi connectivity index (χ0) is 15.5. The van der Waals surface area contributed by atoms with Crippen LogP contribution < -0.4 is 0 Å². The molecule has 0 heterocycles. The number of nitriles is 1. The van der Waals surface area contributed by atoms with Crippen LogP contribution in [0.1, 0.15) is 78.6 Å². The molecule has 0 N–H and O–H groups in total. The third-order valence-corrected chi connectivity index (χ3v) is 9.23. The van der Waals surface area contributed by atoms with Gasteiger partial charge in [-0.25, -0.2) is 0 Å². The van der Waals surface area contributed by atoms with Gasteiger partial charge in [0.15, 0.2) is 0 Å². The van der Waals surface area contributed by atoms with E-state index in [4.69, 9.17) is 0 Å². The summed E-state index contributed by atoms with van der Waals surface area (Å²) in [5.74, 6) is 5.49. The number of nitrogens with zero attached hydrogens (tertiary/aromatic N) is 1. The quantitative estimate of drug-likeness (QED) is 0.600. The predicted molar refractivity (Wildman–Crippen MR) is 90.0 cm³/mol. The average Bonchev–Trinajstić information content (AvgIpc) is 3.01. The maximum Gasteiger partial charge on any atom is 0.0624 e. The lowest BCUT2D eigenvalue weighted by molar-refractivity contribution is -0.110. The number of hydrogen-bond donors (Lipinski definition) is 0. The summed E-state index contributed by atoms with van der Waals surface area (Å²) in [6.07, 6.45) is 12.4. The van der Waals surface area contributed by atoms with Crippen molar-refractivity contribution in [3.63, 3.8) is 0 Å². The van der Waals surface area contributed by atoms with Gasteiger partial charge >= 0.3 is 0 Å². The van der Waals surface area contributed by atoms with Crippen molar-refractivity contribution in [3.05, 3.63) is 0 Å². The van der Waals surface area contributed by atoms with E-state index in [2.05, 4.69) is 26.8 Å². The lowest BCUT2D eigenvalue weighted by atomic mass is 9.45. The molecule has 122 valence electrons. The van der Waals surface area contributed by atoms with Crippen molar-refractivity contribution in [2.75, 3.05) is 0 Å². The van der Waals surface area contributed by atoms with Crippen LogP contribution in [0.25, 0.3) is 0 Å². The highest BCUT2D eigenvalue weighted by atomic mass is 14.7. The van der Waals surface area contributed by atoms with E-state index in [1.54, 1.807) is 0 Å². The van der Waals surface area contributed by atoms with Gasteiger partial charge in [0.05, 0.1) is 6.07 Å². The van der Waals surface area contributed by atoms with Crippen molar-refractivity contribution in [2.45, 2.75) is 78.6 Å². The molecule has 0 aromatic rings. The third-order valence-electron chi connectivity index (χ3n) is 9.23. The monoisotopic (exact) mass is 299 g/mol. The van der Waals surface area contributed by atoms with Crippen LogP contribution in [0.4, 0.5) is 0 Å². The summed E-state index contributed by atoms with van der Waals surface area (Å²) in [5.41, 5.74) is 1.14. The highest BCUT2D eigenvalue weighted by Crippen LogP contribution is 2.69. The van der Waals surface area contributed by atoms with E-state index in [1.165, 1.54) is 51.4 Å². The van der Waals surface area contributed by atoms with Crippen molar-refractivity contribution < 1.29 is 0 Å². The molecule has 4 rings (SSSR count). The van der Waals surface area contributed by atoms with Gasteiger partial charge in [0.1, 0.15) is 0 Å². The van der Waals surface area contributed by atoms with Crippen LogP contribution in [0.15, 0.2) is 0 Å². The second-order valence-corrected chi connectivity index (χ2v) is 9.78. The smallest absolute Gasteiger partial charge is 0.0624 e. The van der Waals surface area contributed by atoms with E-state index in [0.717, 1.165) is 36.0 Å². The van der Waals surface area contributed by atoms with Crippen LogP contribution in [0.5, 0.6) is 0 Å². The first-order valence-corrected chi connectivity index (χ1v) is 9.87. The first-order valence-electron chi connectivity index (χ1n) is 9.87. The van der Waals surface area contributed by atoms with Gasteiger partial charge in [-0.05, 0) is 91.3 Å². The minimum absolute atomic E-state index is 0.479. The number of hydrogen-bond acceptors (Lipinski definition) is 1. The van der Waals surface area contributed by atoms with E-state index < -0.39 is 0 Å². The Kier molecular flexibility index (Phi) is 3.41. The third kappa shape index (κ3) is 1.82. The Morgan fingerprint density at radius 3 is 2.55 bits per heavy atom. The molecule has 22 heavy (non-hydrogen) atoms. The zero-order valence-corrected chi connectivity index (χ0v) is 14.8. The topological polar surface area (TPSA) is 23.8 Å². The van der Waals surface area contributed by atoms with E-state index in [0.29, 0.717) is 16.7 Å². The van der Waals surface area contributed by atoms with Crippen molar-refractivity contribution in [1.29, 1.82) is 5.26 Å². The molecule has 0 saturated heterocycles. The summed E-state index contributed by atoms with van der Waals surface area (Å²) >= 11 is 0. The molecule has 8 atom stereocenters. The fraction of sp³-hybridized carbons (Fsp3) is 0.952.